The van der Waals surface area contributed by atoms with Crippen molar-refractivity contribution in [2.75, 3.05) is 18.6 Å². The van der Waals surface area contributed by atoms with E-state index < -0.39 is 0 Å². The monoisotopic (exact) mass is 314 g/mol. The maximum Gasteiger partial charge on any atom is 0.186 e. The van der Waals surface area contributed by atoms with Crippen LogP contribution in [0.25, 0.3) is 10.2 Å². The summed E-state index contributed by atoms with van der Waals surface area (Å²) < 4.78 is 19.5. The Labute approximate surface area is 132 Å². The zero-order valence-corrected chi connectivity index (χ0v) is 13.0. The number of rotatable bonds is 2. The minimum Gasteiger partial charge on any atom is -0.497 e. The fourth-order valence-corrected chi connectivity index (χ4v) is 3.86. The van der Waals surface area contributed by atoms with Gasteiger partial charge in [-0.05, 0) is 47.9 Å². The highest BCUT2D eigenvalue weighted by atomic mass is 32.1. The molecule has 2 heterocycles. The minimum atomic E-state index is -0.209. The van der Waals surface area contributed by atoms with Crippen LogP contribution in [0.4, 0.5) is 9.52 Å². The molecule has 0 fully saturated rings. The van der Waals surface area contributed by atoms with Gasteiger partial charge in [0.1, 0.15) is 11.6 Å². The Morgan fingerprint density at radius 2 is 2.09 bits per heavy atom. The number of ether oxygens (including phenoxy) is 1. The first kappa shape index (κ1) is 13.5. The first-order valence-electron chi connectivity index (χ1n) is 7.20. The van der Waals surface area contributed by atoms with Crippen molar-refractivity contribution in [2.45, 2.75) is 13.0 Å². The van der Waals surface area contributed by atoms with Crippen LogP contribution < -0.4 is 9.64 Å². The van der Waals surface area contributed by atoms with Gasteiger partial charge in [0.05, 0.1) is 17.3 Å². The minimum absolute atomic E-state index is 0.209. The maximum atomic E-state index is 13.3. The molecule has 0 N–H and O–H groups in total. The third-order valence-corrected chi connectivity index (χ3v) is 5.11. The van der Waals surface area contributed by atoms with Crippen molar-refractivity contribution in [1.82, 2.24) is 4.98 Å². The molecule has 0 spiro atoms. The van der Waals surface area contributed by atoms with E-state index in [1.54, 1.807) is 30.6 Å². The van der Waals surface area contributed by atoms with E-state index in [1.165, 1.54) is 17.2 Å². The summed E-state index contributed by atoms with van der Waals surface area (Å²) in [5.41, 5.74) is 3.50. The van der Waals surface area contributed by atoms with Gasteiger partial charge in [-0.3, -0.25) is 0 Å². The molecule has 5 heteroatoms. The normalized spacial score (nSPS) is 14.2. The summed E-state index contributed by atoms with van der Waals surface area (Å²) in [5.74, 6) is 0.696. The summed E-state index contributed by atoms with van der Waals surface area (Å²) in [6.07, 6.45) is 0.969. The van der Waals surface area contributed by atoms with Gasteiger partial charge in [-0.15, -0.1) is 0 Å². The molecule has 0 saturated carbocycles. The summed E-state index contributed by atoms with van der Waals surface area (Å²) in [6, 6.07) is 11.0. The third-order valence-electron chi connectivity index (χ3n) is 4.04. The lowest BCUT2D eigenvalue weighted by Gasteiger charge is -2.28. The first-order chi connectivity index (χ1) is 10.7. The van der Waals surface area contributed by atoms with Crippen LogP contribution in [-0.4, -0.2) is 18.6 Å². The molecule has 0 bridgehead atoms. The van der Waals surface area contributed by atoms with E-state index in [0.717, 1.165) is 40.6 Å². The van der Waals surface area contributed by atoms with E-state index in [4.69, 9.17) is 4.74 Å². The molecule has 3 nitrogen and oxygen atoms in total. The summed E-state index contributed by atoms with van der Waals surface area (Å²) in [5, 5.41) is 0.960. The first-order valence-corrected chi connectivity index (χ1v) is 8.01. The Morgan fingerprint density at radius 1 is 1.18 bits per heavy atom. The van der Waals surface area contributed by atoms with E-state index in [-0.39, 0.29) is 5.82 Å². The van der Waals surface area contributed by atoms with Gasteiger partial charge < -0.3 is 9.64 Å². The number of anilines is 1. The van der Waals surface area contributed by atoms with Gasteiger partial charge in [0.2, 0.25) is 0 Å². The predicted molar refractivity (Wildman–Crippen MR) is 87.3 cm³/mol. The summed E-state index contributed by atoms with van der Waals surface area (Å²) in [6.45, 7) is 1.75. The van der Waals surface area contributed by atoms with Crippen LogP contribution in [0.15, 0.2) is 36.4 Å². The van der Waals surface area contributed by atoms with Gasteiger partial charge in [0, 0.05) is 13.1 Å². The smallest absolute Gasteiger partial charge is 0.186 e. The molecule has 0 unspecified atom stereocenters. The van der Waals surface area contributed by atoms with Crippen molar-refractivity contribution in [3.63, 3.8) is 0 Å². The van der Waals surface area contributed by atoms with Gasteiger partial charge in [-0.2, -0.15) is 0 Å². The molecule has 1 aliphatic heterocycles. The third kappa shape index (κ3) is 2.31. The fraction of sp³-hybridized carbons (Fsp3) is 0.235. The lowest BCUT2D eigenvalue weighted by Crippen LogP contribution is -2.30. The second-order valence-electron chi connectivity index (χ2n) is 5.41. The Morgan fingerprint density at radius 3 is 2.95 bits per heavy atom. The van der Waals surface area contributed by atoms with Crippen molar-refractivity contribution in [2.24, 2.45) is 0 Å². The second-order valence-corrected chi connectivity index (χ2v) is 6.42. The number of nitrogens with zero attached hydrogens (tertiary/aromatic N) is 2. The van der Waals surface area contributed by atoms with Crippen LogP contribution >= 0.6 is 11.3 Å². The second kappa shape index (κ2) is 5.25. The predicted octanol–water partition coefficient (Wildman–Crippen LogP) is 4.01. The molecule has 1 aromatic heterocycles. The summed E-state index contributed by atoms with van der Waals surface area (Å²) in [4.78, 5) is 6.90. The van der Waals surface area contributed by atoms with Gasteiger partial charge in [0.15, 0.2) is 5.13 Å². The summed E-state index contributed by atoms with van der Waals surface area (Å²) in [7, 11) is 1.69. The quantitative estimate of drug-likeness (QED) is 0.715. The van der Waals surface area contributed by atoms with Crippen LogP contribution in [0.1, 0.15) is 11.1 Å². The van der Waals surface area contributed by atoms with Gasteiger partial charge in [0.25, 0.3) is 0 Å². The van der Waals surface area contributed by atoms with Crippen LogP contribution in [-0.2, 0) is 13.0 Å². The average molecular weight is 314 g/mol. The molecular weight excluding hydrogens is 299 g/mol. The number of thiazole rings is 1. The molecule has 3 aromatic rings. The Hall–Kier alpha value is -2.14. The fourth-order valence-electron chi connectivity index (χ4n) is 2.84. The molecule has 2 aromatic carbocycles. The van der Waals surface area contributed by atoms with E-state index >= 15 is 0 Å². The standard InChI is InChI=1S/C17H15FN2OS/c1-21-14-4-2-12-10-20(7-6-11(12)8-14)17-19-15-5-3-13(18)9-16(15)22-17/h2-5,8-9H,6-7,10H2,1H3. The van der Waals surface area contributed by atoms with Crippen LogP contribution in [0.3, 0.4) is 0 Å². The molecule has 0 amide bonds. The lowest BCUT2D eigenvalue weighted by molar-refractivity contribution is 0.414. The van der Waals surface area contributed by atoms with Crippen LogP contribution in [0.5, 0.6) is 5.75 Å². The van der Waals surface area contributed by atoms with E-state index in [1.807, 2.05) is 6.07 Å². The van der Waals surface area contributed by atoms with Crippen LogP contribution in [0.2, 0.25) is 0 Å². The number of hydrogen-bond acceptors (Lipinski definition) is 4. The molecule has 4 rings (SSSR count). The number of methoxy groups -OCH3 is 1. The van der Waals surface area contributed by atoms with Crippen molar-refractivity contribution in [3.05, 3.63) is 53.3 Å². The SMILES string of the molecule is COc1ccc2c(c1)CCN(c1nc3ccc(F)cc3s1)C2. The molecule has 0 radical (unpaired) electrons. The van der Waals surface area contributed by atoms with Gasteiger partial charge in [-0.25, -0.2) is 9.37 Å². The molecular formula is C17H15FN2OS. The zero-order valence-electron chi connectivity index (χ0n) is 12.2. The number of hydrogen-bond donors (Lipinski definition) is 0. The topological polar surface area (TPSA) is 25.4 Å². The highest BCUT2D eigenvalue weighted by Crippen LogP contribution is 2.33. The summed E-state index contributed by atoms with van der Waals surface area (Å²) >= 11 is 1.55. The van der Waals surface area contributed by atoms with E-state index in [9.17, 15) is 4.39 Å². The van der Waals surface area contributed by atoms with Crippen molar-refractivity contribution in [1.29, 1.82) is 0 Å². The highest BCUT2D eigenvalue weighted by molar-refractivity contribution is 7.22. The zero-order chi connectivity index (χ0) is 15.1. The van der Waals surface area contributed by atoms with Crippen LogP contribution in [0, 0.1) is 5.82 Å². The van der Waals surface area contributed by atoms with Gasteiger partial charge in [-0.1, -0.05) is 17.4 Å². The largest absolute Gasteiger partial charge is 0.497 e. The molecule has 1 aliphatic rings. The van der Waals surface area contributed by atoms with Crippen molar-refractivity contribution in [3.8, 4) is 5.75 Å². The van der Waals surface area contributed by atoms with Crippen molar-refractivity contribution < 1.29 is 9.13 Å². The van der Waals surface area contributed by atoms with Crippen molar-refractivity contribution >= 4 is 26.7 Å². The molecule has 112 valence electrons. The van der Waals surface area contributed by atoms with E-state index in [0.29, 0.717) is 0 Å². The number of benzene rings is 2. The Bertz CT molecular complexity index is 846. The lowest BCUT2D eigenvalue weighted by atomic mass is 10.00. The Kier molecular flexibility index (Phi) is 3.22. The van der Waals surface area contributed by atoms with E-state index in [2.05, 4.69) is 22.0 Å². The number of fused-ring (bicyclic) bond motifs is 2. The Balaban J connectivity index is 1.65. The average Bonchev–Trinajstić information content (AvgIpc) is 2.96. The molecule has 22 heavy (non-hydrogen) atoms. The number of halogens is 1. The highest BCUT2D eigenvalue weighted by Gasteiger charge is 2.20. The molecule has 0 saturated heterocycles. The molecule has 0 aliphatic carbocycles. The van der Waals surface area contributed by atoms with Gasteiger partial charge >= 0.3 is 0 Å². The molecule has 0 atom stereocenters. The maximum absolute atomic E-state index is 13.3. The number of aromatic nitrogens is 1.